The average Bonchev–Trinajstić information content (AvgIpc) is 3.10. The second-order valence-corrected chi connectivity index (χ2v) is 14.8. The Kier molecular flexibility index (Phi) is 36.9. The molecule has 7 nitrogen and oxygen atoms in total. The van der Waals surface area contributed by atoms with Gasteiger partial charge in [0.25, 0.3) is 0 Å². The first-order valence-electron chi connectivity index (χ1n) is 21.5. The van der Waals surface area contributed by atoms with Gasteiger partial charge in [0.05, 0.1) is 0 Å². The maximum absolute atomic E-state index is 12.7. The van der Waals surface area contributed by atoms with Crippen LogP contribution in [-0.4, -0.2) is 41.6 Å². The van der Waals surface area contributed by atoms with Crippen LogP contribution in [-0.2, 0) is 19.1 Å². The second kappa shape index (κ2) is 38.3. The number of nitrogens with two attached hydrogens (primary N) is 1. The molecule has 0 aromatic heterocycles. The fourth-order valence-corrected chi connectivity index (χ4v) is 6.57. The normalized spacial score (nSPS) is 12.7. The molecule has 0 aliphatic rings. The van der Waals surface area contributed by atoms with E-state index in [1.54, 1.807) is 0 Å². The summed E-state index contributed by atoms with van der Waals surface area (Å²) in [6.45, 7) is 4.90. The van der Waals surface area contributed by atoms with E-state index in [1.807, 2.05) is 0 Å². The molecule has 0 aliphatic carbocycles. The molecule has 0 radical (unpaired) electrons. The number of carboxylic acid groups (broad SMARTS) is 1. The van der Waals surface area contributed by atoms with Crippen LogP contribution in [0.15, 0.2) is 12.2 Å². The number of hydrogen-bond donors (Lipinski definition) is 3. The van der Waals surface area contributed by atoms with Crippen molar-refractivity contribution in [2.45, 2.75) is 238 Å². The van der Waals surface area contributed by atoms with Gasteiger partial charge in [0.2, 0.25) is 5.91 Å². The molecule has 1 amide bonds. The van der Waals surface area contributed by atoms with E-state index in [0.717, 1.165) is 64.2 Å². The van der Waals surface area contributed by atoms with E-state index in [4.69, 9.17) is 10.5 Å². The zero-order valence-electron chi connectivity index (χ0n) is 33.0. The van der Waals surface area contributed by atoms with Crippen LogP contribution in [0.4, 0.5) is 0 Å². The fraction of sp³-hybridized carbons (Fsp3) is 0.884. The SMILES string of the molecule is CCC/C=C\CCCCCCCC(=O)OC(CCCCCCCCCCCCCCCC)CCCCCCCC(=O)NC(CCCN)C(=O)O. The molecule has 7 heteroatoms. The Balaban J connectivity index is 4.30. The van der Waals surface area contributed by atoms with Crippen molar-refractivity contribution in [2.24, 2.45) is 5.73 Å². The zero-order chi connectivity index (χ0) is 36.8. The van der Waals surface area contributed by atoms with E-state index in [2.05, 4.69) is 31.3 Å². The zero-order valence-corrected chi connectivity index (χ0v) is 33.0. The lowest BCUT2D eigenvalue weighted by Gasteiger charge is -2.18. The minimum atomic E-state index is -1.00. The second-order valence-electron chi connectivity index (χ2n) is 14.8. The van der Waals surface area contributed by atoms with E-state index in [0.29, 0.717) is 32.2 Å². The highest BCUT2D eigenvalue weighted by molar-refractivity contribution is 5.83. The molecule has 4 N–H and O–H groups in total. The number of amides is 1. The van der Waals surface area contributed by atoms with Gasteiger partial charge in [0.1, 0.15) is 12.1 Å². The van der Waals surface area contributed by atoms with E-state index >= 15 is 0 Å². The molecule has 2 unspecified atom stereocenters. The van der Waals surface area contributed by atoms with Crippen molar-refractivity contribution in [1.29, 1.82) is 0 Å². The number of unbranched alkanes of at least 4 members (excludes halogenated alkanes) is 23. The number of ether oxygens (including phenoxy) is 1. The lowest BCUT2D eigenvalue weighted by Crippen LogP contribution is -2.40. The van der Waals surface area contributed by atoms with Gasteiger partial charge < -0.3 is 20.9 Å². The molecule has 0 aromatic carbocycles. The summed E-state index contributed by atoms with van der Waals surface area (Å²) < 4.78 is 6.03. The summed E-state index contributed by atoms with van der Waals surface area (Å²) in [6.07, 6.45) is 41.1. The number of nitrogens with one attached hydrogen (secondary N) is 1. The molecule has 0 rings (SSSR count). The Hall–Kier alpha value is -1.89. The van der Waals surface area contributed by atoms with Crippen LogP contribution in [0.25, 0.3) is 0 Å². The van der Waals surface area contributed by atoms with Crippen molar-refractivity contribution in [1.82, 2.24) is 5.32 Å². The van der Waals surface area contributed by atoms with E-state index in [9.17, 15) is 19.5 Å². The third kappa shape index (κ3) is 34.6. The molecule has 0 heterocycles. The van der Waals surface area contributed by atoms with E-state index in [-0.39, 0.29) is 18.0 Å². The number of allylic oxidation sites excluding steroid dienone is 2. The molecule has 0 aliphatic heterocycles. The van der Waals surface area contributed by atoms with Gasteiger partial charge in [-0.25, -0.2) is 4.79 Å². The van der Waals surface area contributed by atoms with Crippen LogP contribution in [0.5, 0.6) is 0 Å². The average molecular weight is 707 g/mol. The predicted molar refractivity (Wildman–Crippen MR) is 211 cm³/mol. The number of carbonyl (C=O) groups excluding carboxylic acids is 2. The highest BCUT2D eigenvalue weighted by Crippen LogP contribution is 2.19. The number of carboxylic acids is 1. The first-order valence-corrected chi connectivity index (χ1v) is 21.5. The summed E-state index contributed by atoms with van der Waals surface area (Å²) >= 11 is 0. The van der Waals surface area contributed by atoms with Crippen molar-refractivity contribution >= 4 is 17.8 Å². The van der Waals surface area contributed by atoms with Gasteiger partial charge in [0.15, 0.2) is 0 Å². The molecule has 294 valence electrons. The molecule has 0 bridgehead atoms. The van der Waals surface area contributed by atoms with Crippen LogP contribution in [0, 0.1) is 0 Å². The van der Waals surface area contributed by atoms with Crippen molar-refractivity contribution < 1.29 is 24.2 Å². The molecule has 0 saturated heterocycles. The Morgan fingerprint density at radius 2 is 1.02 bits per heavy atom. The first kappa shape index (κ1) is 48.1. The Bertz CT molecular complexity index is 802. The third-order valence-electron chi connectivity index (χ3n) is 9.81. The molecular weight excluding hydrogens is 624 g/mol. The number of esters is 1. The van der Waals surface area contributed by atoms with Crippen molar-refractivity contribution in [3.05, 3.63) is 12.2 Å². The number of aliphatic carboxylic acids is 1. The molecular formula is C43H82N2O5. The monoisotopic (exact) mass is 707 g/mol. The molecule has 50 heavy (non-hydrogen) atoms. The number of hydrogen-bond acceptors (Lipinski definition) is 5. The lowest BCUT2D eigenvalue weighted by atomic mass is 10.0. The van der Waals surface area contributed by atoms with Crippen molar-refractivity contribution in [3.63, 3.8) is 0 Å². The summed E-state index contributed by atoms with van der Waals surface area (Å²) in [5.74, 6) is -1.23. The highest BCUT2D eigenvalue weighted by Gasteiger charge is 2.19. The van der Waals surface area contributed by atoms with Gasteiger partial charge in [-0.15, -0.1) is 0 Å². The van der Waals surface area contributed by atoms with E-state index in [1.165, 1.54) is 122 Å². The van der Waals surface area contributed by atoms with Crippen LogP contribution >= 0.6 is 0 Å². The predicted octanol–water partition coefficient (Wildman–Crippen LogP) is 11.9. The molecule has 2 atom stereocenters. The van der Waals surface area contributed by atoms with Gasteiger partial charge in [0, 0.05) is 12.8 Å². The van der Waals surface area contributed by atoms with Gasteiger partial charge in [-0.3, -0.25) is 9.59 Å². The number of rotatable bonds is 39. The Morgan fingerprint density at radius 3 is 1.52 bits per heavy atom. The van der Waals surface area contributed by atoms with Crippen LogP contribution in [0.3, 0.4) is 0 Å². The summed E-state index contributed by atoms with van der Waals surface area (Å²) in [7, 11) is 0. The molecule has 0 saturated carbocycles. The maximum atomic E-state index is 12.7. The van der Waals surface area contributed by atoms with Gasteiger partial charge in [-0.1, -0.05) is 154 Å². The molecule has 0 fully saturated rings. The van der Waals surface area contributed by atoms with Crippen molar-refractivity contribution in [2.75, 3.05) is 6.54 Å². The summed E-state index contributed by atoms with van der Waals surface area (Å²) in [4.78, 5) is 36.3. The standard InChI is InChI=1S/C43H82N2O5/c1-3-5-7-9-11-13-15-16-17-18-19-21-24-28-33-39(50-42(47)37-31-27-22-20-14-12-10-8-6-4-2)34-29-25-23-26-30-36-41(46)45-40(43(48)49)35-32-38-44/h8,10,39-40H,3-7,9,11-38,44H2,1-2H3,(H,45,46)(H,48,49)/b10-8-. The minimum absolute atomic E-state index is 0.0157. The largest absolute Gasteiger partial charge is 0.480 e. The smallest absolute Gasteiger partial charge is 0.326 e. The highest BCUT2D eigenvalue weighted by atomic mass is 16.5. The Labute approximate surface area is 309 Å². The van der Waals surface area contributed by atoms with Gasteiger partial charge in [-0.05, 0) is 77.2 Å². The Morgan fingerprint density at radius 1 is 0.560 bits per heavy atom. The first-order chi connectivity index (χ1) is 24.4. The topological polar surface area (TPSA) is 119 Å². The third-order valence-corrected chi connectivity index (χ3v) is 9.81. The summed E-state index contributed by atoms with van der Waals surface area (Å²) in [5, 5.41) is 11.9. The maximum Gasteiger partial charge on any atom is 0.326 e. The summed E-state index contributed by atoms with van der Waals surface area (Å²) in [5.41, 5.74) is 5.48. The molecule has 0 spiro atoms. The lowest BCUT2D eigenvalue weighted by molar-refractivity contribution is -0.150. The molecule has 0 aromatic rings. The fourth-order valence-electron chi connectivity index (χ4n) is 6.57. The van der Waals surface area contributed by atoms with Crippen LogP contribution in [0.1, 0.15) is 226 Å². The number of carbonyl (C=O) groups is 3. The van der Waals surface area contributed by atoms with Crippen molar-refractivity contribution in [3.8, 4) is 0 Å². The van der Waals surface area contributed by atoms with Crippen LogP contribution in [0.2, 0.25) is 0 Å². The van der Waals surface area contributed by atoms with Gasteiger partial charge >= 0.3 is 11.9 Å². The summed E-state index contributed by atoms with van der Waals surface area (Å²) in [6, 6.07) is -0.854. The minimum Gasteiger partial charge on any atom is -0.480 e. The quantitative estimate of drug-likeness (QED) is 0.0332. The van der Waals surface area contributed by atoms with Gasteiger partial charge in [-0.2, -0.15) is 0 Å². The van der Waals surface area contributed by atoms with Crippen LogP contribution < -0.4 is 11.1 Å². The van der Waals surface area contributed by atoms with E-state index < -0.39 is 12.0 Å².